The highest BCUT2D eigenvalue weighted by atomic mass is 16.5. The van der Waals surface area contributed by atoms with Gasteiger partial charge in [-0.25, -0.2) is 4.98 Å². The Morgan fingerprint density at radius 1 is 1.38 bits per heavy atom. The first-order valence-corrected chi connectivity index (χ1v) is 5.13. The van der Waals surface area contributed by atoms with E-state index in [1.807, 2.05) is 0 Å². The van der Waals surface area contributed by atoms with Crippen LogP contribution in [-0.2, 0) is 4.74 Å². The molecule has 0 aliphatic heterocycles. The van der Waals surface area contributed by atoms with Crippen LogP contribution in [0.4, 0.5) is 0 Å². The molecule has 0 aromatic carbocycles. The first-order chi connectivity index (χ1) is 7.83. The van der Waals surface area contributed by atoms with Gasteiger partial charge in [-0.1, -0.05) is 0 Å². The molecule has 0 saturated carbocycles. The largest absolute Gasteiger partial charge is 0.480 e. The van der Waals surface area contributed by atoms with Gasteiger partial charge >= 0.3 is 0 Å². The van der Waals surface area contributed by atoms with E-state index in [9.17, 15) is 0 Å². The Labute approximate surface area is 95.1 Å². The molecule has 6 nitrogen and oxygen atoms in total. The van der Waals surface area contributed by atoms with E-state index in [4.69, 9.17) is 15.3 Å². The summed E-state index contributed by atoms with van der Waals surface area (Å²) in [6.07, 6.45) is 4.92. The fraction of sp³-hybridized carbons (Fsp3) is 0.600. The first-order valence-electron chi connectivity index (χ1n) is 5.13. The van der Waals surface area contributed by atoms with Crippen LogP contribution in [0.3, 0.4) is 0 Å². The third kappa shape index (κ3) is 3.41. The van der Waals surface area contributed by atoms with E-state index in [0.717, 1.165) is 18.5 Å². The fourth-order valence-corrected chi connectivity index (χ4v) is 1.46. The maximum atomic E-state index is 5.50. The second-order valence-corrected chi connectivity index (χ2v) is 3.31. The minimum Gasteiger partial charge on any atom is -0.480 e. The SMILES string of the molecule is COCCCC(NN)c1nccnc1OC. The number of nitrogens with two attached hydrogens (primary N) is 1. The molecule has 1 rings (SSSR count). The van der Waals surface area contributed by atoms with Crippen molar-refractivity contribution in [3.8, 4) is 5.88 Å². The van der Waals surface area contributed by atoms with Gasteiger partial charge in [0.15, 0.2) is 0 Å². The average molecular weight is 226 g/mol. The number of ether oxygens (including phenoxy) is 2. The summed E-state index contributed by atoms with van der Waals surface area (Å²) < 4.78 is 10.1. The Hall–Kier alpha value is -1.24. The summed E-state index contributed by atoms with van der Waals surface area (Å²) in [5.41, 5.74) is 3.44. The molecule has 0 fully saturated rings. The van der Waals surface area contributed by atoms with Gasteiger partial charge in [-0.2, -0.15) is 0 Å². The van der Waals surface area contributed by atoms with Crippen molar-refractivity contribution in [1.82, 2.24) is 15.4 Å². The van der Waals surface area contributed by atoms with Gasteiger partial charge in [-0.15, -0.1) is 0 Å². The van der Waals surface area contributed by atoms with Crippen molar-refractivity contribution >= 4 is 0 Å². The lowest BCUT2D eigenvalue weighted by Crippen LogP contribution is -2.29. The van der Waals surface area contributed by atoms with Crippen LogP contribution in [0.1, 0.15) is 24.6 Å². The third-order valence-electron chi connectivity index (χ3n) is 2.26. The molecule has 1 heterocycles. The van der Waals surface area contributed by atoms with Gasteiger partial charge in [0.05, 0.1) is 13.2 Å². The number of hydrazine groups is 1. The number of nitrogens with one attached hydrogen (secondary N) is 1. The molecule has 0 aliphatic carbocycles. The molecule has 0 amide bonds. The van der Waals surface area contributed by atoms with Crippen LogP contribution in [0.15, 0.2) is 12.4 Å². The molecule has 0 aliphatic rings. The molecular weight excluding hydrogens is 208 g/mol. The maximum absolute atomic E-state index is 5.50. The molecule has 90 valence electrons. The van der Waals surface area contributed by atoms with Crippen LogP contribution in [0.5, 0.6) is 5.88 Å². The monoisotopic (exact) mass is 226 g/mol. The van der Waals surface area contributed by atoms with Crippen molar-refractivity contribution in [2.75, 3.05) is 20.8 Å². The van der Waals surface area contributed by atoms with Crippen molar-refractivity contribution in [3.63, 3.8) is 0 Å². The second-order valence-electron chi connectivity index (χ2n) is 3.31. The number of hydrogen-bond donors (Lipinski definition) is 2. The molecule has 0 radical (unpaired) electrons. The Balaban J connectivity index is 2.69. The molecular formula is C10H18N4O2. The number of hydrogen-bond acceptors (Lipinski definition) is 6. The van der Waals surface area contributed by atoms with E-state index < -0.39 is 0 Å². The molecule has 6 heteroatoms. The van der Waals surface area contributed by atoms with Crippen LogP contribution in [-0.4, -0.2) is 30.8 Å². The molecule has 0 saturated heterocycles. The number of rotatable bonds is 7. The van der Waals surface area contributed by atoms with Crippen molar-refractivity contribution in [2.24, 2.45) is 5.84 Å². The van der Waals surface area contributed by atoms with Crippen molar-refractivity contribution in [1.29, 1.82) is 0 Å². The summed E-state index contributed by atoms with van der Waals surface area (Å²) in [5, 5.41) is 0. The Morgan fingerprint density at radius 2 is 2.12 bits per heavy atom. The number of nitrogens with zero attached hydrogens (tertiary/aromatic N) is 2. The zero-order valence-corrected chi connectivity index (χ0v) is 9.64. The second kappa shape index (κ2) is 7.10. The summed E-state index contributed by atoms with van der Waals surface area (Å²) in [7, 11) is 3.24. The fourth-order valence-electron chi connectivity index (χ4n) is 1.46. The van der Waals surface area contributed by atoms with E-state index >= 15 is 0 Å². The van der Waals surface area contributed by atoms with Gasteiger partial charge in [0, 0.05) is 26.1 Å². The highest BCUT2D eigenvalue weighted by Gasteiger charge is 2.16. The topological polar surface area (TPSA) is 82.3 Å². The molecule has 1 unspecified atom stereocenters. The lowest BCUT2D eigenvalue weighted by atomic mass is 10.1. The van der Waals surface area contributed by atoms with Gasteiger partial charge in [0.25, 0.3) is 0 Å². The van der Waals surface area contributed by atoms with Crippen molar-refractivity contribution in [2.45, 2.75) is 18.9 Å². The molecule has 16 heavy (non-hydrogen) atoms. The predicted octanol–water partition coefficient (Wildman–Crippen LogP) is 0.416. The molecule has 0 bridgehead atoms. The number of methoxy groups -OCH3 is 2. The summed E-state index contributed by atoms with van der Waals surface area (Å²) in [5.74, 6) is 6.00. The van der Waals surface area contributed by atoms with Gasteiger partial charge < -0.3 is 9.47 Å². The lowest BCUT2D eigenvalue weighted by molar-refractivity contribution is 0.188. The first kappa shape index (κ1) is 12.8. The molecule has 1 aromatic heterocycles. The Morgan fingerprint density at radius 3 is 2.75 bits per heavy atom. The Bertz CT molecular complexity index is 309. The van der Waals surface area contributed by atoms with Gasteiger partial charge in [0.1, 0.15) is 5.69 Å². The van der Waals surface area contributed by atoms with Gasteiger partial charge in [0.2, 0.25) is 5.88 Å². The van der Waals surface area contributed by atoms with E-state index in [-0.39, 0.29) is 6.04 Å². The highest BCUT2D eigenvalue weighted by Crippen LogP contribution is 2.22. The number of aromatic nitrogens is 2. The minimum absolute atomic E-state index is 0.0706. The molecule has 1 atom stereocenters. The molecule has 0 spiro atoms. The normalized spacial score (nSPS) is 12.4. The maximum Gasteiger partial charge on any atom is 0.237 e. The standard InChI is InChI=1S/C10H18N4O2/c1-15-7-3-4-8(14-11)9-10(16-2)13-6-5-12-9/h5-6,8,14H,3-4,7,11H2,1-2H3. The van der Waals surface area contributed by atoms with Gasteiger partial charge in [-0.3, -0.25) is 16.3 Å². The average Bonchev–Trinajstić information content (AvgIpc) is 2.35. The third-order valence-corrected chi connectivity index (χ3v) is 2.26. The van der Waals surface area contributed by atoms with Crippen LogP contribution < -0.4 is 16.0 Å². The highest BCUT2D eigenvalue weighted by molar-refractivity contribution is 5.20. The van der Waals surface area contributed by atoms with Crippen LogP contribution in [0.25, 0.3) is 0 Å². The van der Waals surface area contributed by atoms with Crippen molar-refractivity contribution < 1.29 is 9.47 Å². The van der Waals surface area contributed by atoms with E-state index in [1.54, 1.807) is 26.6 Å². The lowest BCUT2D eigenvalue weighted by Gasteiger charge is -2.16. The smallest absolute Gasteiger partial charge is 0.237 e. The quantitative estimate of drug-likeness (QED) is 0.398. The summed E-state index contributed by atoms with van der Waals surface area (Å²) in [4.78, 5) is 8.31. The zero-order chi connectivity index (χ0) is 11.8. The Kier molecular flexibility index (Phi) is 5.69. The van der Waals surface area contributed by atoms with Crippen molar-refractivity contribution in [3.05, 3.63) is 18.1 Å². The zero-order valence-electron chi connectivity index (χ0n) is 9.64. The molecule has 3 N–H and O–H groups in total. The predicted molar refractivity (Wildman–Crippen MR) is 59.8 cm³/mol. The van der Waals surface area contributed by atoms with E-state index in [0.29, 0.717) is 12.5 Å². The summed E-state index contributed by atoms with van der Waals surface area (Å²) in [6, 6.07) is -0.0706. The summed E-state index contributed by atoms with van der Waals surface area (Å²) >= 11 is 0. The van der Waals surface area contributed by atoms with Crippen LogP contribution in [0, 0.1) is 0 Å². The minimum atomic E-state index is -0.0706. The van der Waals surface area contributed by atoms with E-state index in [1.165, 1.54) is 0 Å². The summed E-state index contributed by atoms with van der Waals surface area (Å²) in [6.45, 7) is 0.695. The van der Waals surface area contributed by atoms with Crippen LogP contribution >= 0.6 is 0 Å². The van der Waals surface area contributed by atoms with Gasteiger partial charge in [-0.05, 0) is 12.8 Å². The molecule has 1 aromatic rings. The van der Waals surface area contributed by atoms with E-state index in [2.05, 4.69) is 15.4 Å². The van der Waals surface area contributed by atoms with Crippen LogP contribution in [0.2, 0.25) is 0 Å².